The van der Waals surface area contributed by atoms with E-state index in [1.54, 1.807) is 43.5 Å². The fourth-order valence-corrected chi connectivity index (χ4v) is 2.09. The van der Waals surface area contributed by atoms with Crippen molar-refractivity contribution in [1.29, 1.82) is 0 Å². The predicted octanol–water partition coefficient (Wildman–Crippen LogP) is 4.21. The van der Waals surface area contributed by atoms with Gasteiger partial charge in [0.1, 0.15) is 11.5 Å². The van der Waals surface area contributed by atoms with E-state index in [0.29, 0.717) is 11.3 Å². The molecule has 0 bridgehead atoms. The Morgan fingerprint density at radius 2 is 1.67 bits per heavy atom. The molecule has 0 atom stereocenters. The first-order chi connectivity index (χ1) is 9.91. The van der Waals surface area contributed by atoms with E-state index < -0.39 is 0 Å². The highest BCUT2D eigenvalue weighted by Gasteiger charge is 2.19. The maximum atomic E-state index is 12.0. The Balaban J connectivity index is 2.24. The summed E-state index contributed by atoms with van der Waals surface area (Å²) >= 11 is 0. The monoisotopic (exact) mass is 284 g/mol. The number of hydrogen-bond donors (Lipinski definition) is 0. The predicted molar refractivity (Wildman–Crippen MR) is 83.1 cm³/mol. The molecule has 0 N–H and O–H groups in total. The fraction of sp³-hybridized carbons (Fsp3) is 0.278. The second-order valence-corrected chi connectivity index (χ2v) is 5.87. The maximum absolute atomic E-state index is 12.0. The lowest BCUT2D eigenvalue weighted by atomic mass is 9.86. The van der Waals surface area contributed by atoms with Crippen LogP contribution in [0.4, 0.5) is 0 Å². The normalized spacial score (nSPS) is 11.0. The molecular weight excluding hydrogens is 264 g/mol. The molecular formula is C18H20O3. The minimum atomic E-state index is -0.374. The quantitative estimate of drug-likeness (QED) is 0.625. The van der Waals surface area contributed by atoms with E-state index in [1.807, 2.05) is 12.1 Å². The number of ether oxygens (including phenoxy) is 2. The molecule has 0 spiro atoms. The van der Waals surface area contributed by atoms with Gasteiger partial charge in [0.25, 0.3) is 0 Å². The number of hydrogen-bond acceptors (Lipinski definition) is 3. The topological polar surface area (TPSA) is 35.5 Å². The molecule has 3 heteroatoms. The third kappa shape index (κ3) is 3.63. The molecule has 21 heavy (non-hydrogen) atoms. The van der Waals surface area contributed by atoms with E-state index in [-0.39, 0.29) is 11.4 Å². The number of benzene rings is 2. The molecule has 0 radical (unpaired) electrons. The molecule has 3 nitrogen and oxygen atoms in total. The molecule has 2 aromatic rings. The number of carbonyl (C=O) groups excluding carboxylic acids is 1. The second kappa shape index (κ2) is 6.00. The number of esters is 1. The van der Waals surface area contributed by atoms with Gasteiger partial charge in [-0.3, -0.25) is 0 Å². The van der Waals surface area contributed by atoms with Gasteiger partial charge in [0.05, 0.1) is 12.7 Å². The van der Waals surface area contributed by atoms with Crippen LogP contribution in [0.5, 0.6) is 11.5 Å². The molecule has 110 valence electrons. The van der Waals surface area contributed by atoms with Crippen LogP contribution in [0.2, 0.25) is 0 Å². The average molecular weight is 284 g/mol. The smallest absolute Gasteiger partial charge is 0.343 e. The van der Waals surface area contributed by atoms with Crippen molar-refractivity contribution in [3.63, 3.8) is 0 Å². The third-order valence-corrected chi connectivity index (χ3v) is 3.20. The van der Waals surface area contributed by atoms with Gasteiger partial charge in [-0.1, -0.05) is 45.0 Å². The molecule has 0 aliphatic heterocycles. The summed E-state index contributed by atoms with van der Waals surface area (Å²) in [5, 5.41) is 0. The van der Waals surface area contributed by atoms with Crippen molar-refractivity contribution in [3.05, 3.63) is 59.7 Å². The molecule has 2 aromatic carbocycles. The molecule has 0 heterocycles. The largest absolute Gasteiger partial charge is 0.496 e. The number of methoxy groups -OCH3 is 1. The van der Waals surface area contributed by atoms with Crippen molar-refractivity contribution < 1.29 is 14.3 Å². The first-order valence-corrected chi connectivity index (χ1v) is 6.87. The Kier molecular flexibility index (Phi) is 4.32. The van der Waals surface area contributed by atoms with E-state index >= 15 is 0 Å². The molecule has 0 aliphatic rings. The van der Waals surface area contributed by atoms with Crippen LogP contribution >= 0.6 is 0 Å². The van der Waals surface area contributed by atoms with Crippen LogP contribution in [0.1, 0.15) is 36.7 Å². The van der Waals surface area contributed by atoms with Crippen molar-refractivity contribution in [3.8, 4) is 11.5 Å². The summed E-state index contributed by atoms with van der Waals surface area (Å²) in [5.41, 5.74) is 1.56. The Bertz CT molecular complexity index is 625. The van der Waals surface area contributed by atoms with E-state index in [4.69, 9.17) is 9.47 Å². The number of rotatable bonds is 3. The summed E-state index contributed by atoms with van der Waals surface area (Å²) < 4.78 is 10.8. The lowest BCUT2D eigenvalue weighted by Crippen LogP contribution is -2.13. The minimum absolute atomic E-state index is 0.0344. The summed E-state index contributed by atoms with van der Waals surface area (Å²) in [5.74, 6) is 0.829. The van der Waals surface area contributed by atoms with Crippen LogP contribution in [0.15, 0.2) is 48.5 Å². The Hall–Kier alpha value is -2.29. The minimum Gasteiger partial charge on any atom is -0.496 e. The van der Waals surface area contributed by atoms with Crippen LogP contribution in [-0.2, 0) is 5.41 Å². The lowest BCUT2D eigenvalue weighted by molar-refractivity contribution is 0.0734. The summed E-state index contributed by atoms with van der Waals surface area (Å²) in [6, 6.07) is 14.4. The molecule has 0 aromatic heterocycles. The van der Waals surface area contributed by atoms with Crippen molar-refractivity contribution in [2.45, 2.75) is 26.2 Å². The third-order valence-electron chi connectivity index (χ3n) is 3.20. The van der Waals surface area contributed by atoms with Gasteiger partial charge in [-0.25, -0.2) is 4.79 Å². The van der Waals surface area contributed by atoms with Crippen molar-refractivity contribution in [2.24, 2.45) is 0 Å². The van der Waals surface area contributed by atoms with Gasteiger partial charge in [0, 0.05) is 6.07 Å². The highest BCUT2D eigenvalue weighted by Crippen LogP contribution is 2.34. The lowest BCUT2D eigenvalue weighted by Gasteiger charge is -2.22. The molecule has 0 saturated heterocycles. The first-order valence-electron chi connectivity index (χ1n) is 6.87. The zero-order valence-corrected chi connectivity index (χ0v) is 12.8. The van der Waals surface area contributed by atoms with Gasteiger partial charge in [0.15, 0.2) is 0 Å². The summed E-state index contributed by atoms with van der Waals surface area (Å²) in [6.07, 6.45) is 0. The summed E-state index contributed by atoms with van der Waals surface area (Å²) in [7, 11) is 1.62. The Labute approximate surface area is 125 Å². The van der Waals surface area contributed by atoms with Gasteiger partial charge in [-0.05, 0) is 29.2 Å². The zero-order valence-electron chi connectivity index (χ0n) is 12.8. The SMILES string of the molecule is COc1cc(OC(=O)c2ccccc2)ccc1C(C)(C)C. The van der Waals surface area contributed by atoms with Crippen LogP contribution < -0.4 is 9.47 Å². The van der Waals surface area contributed by atoms with E-state index in [1.165, 1.54) is 0 Å². The van der Waals surface area contributed by atoms with Crippen molar-refractivity contribution in [2.75, 3.05) is 7.11 Å². The Morgan fingerprint density at radius 1 is 1.00 bits per heavy atom. The molecule has 0 aliphatic carbocycles. The zero-order chi connectivity index (χ0) is 15.5. The average Bonchev–Trinajstić information content (AvgIpc) is 2.46. The van der Waals surface area contributed by atoms with E-state index in [0.717, 1.165) is 11.3 Å². The van der Waals surface area contributed by atoms with Gasteiger partial charge < -0.3 is 9.47 Å². The summed E-state index contributed by atoms with van der Waals surface area (Å²) in [4.78, 5) is 12.0. The molecule has 2 rings (SSSR count). The summed E-state index contributed by atoms with van der Waals surface area (Å²) in [6.45, 7) is 6.33. The van der Waals surface area contributed by atoms with Gasteiger partial charge >= 0.3 is 5.97 Å². The number of carbonyl (C=O) groups is 1. The van der Waals surface area contributed by atoms with Gasteiger partial charge in [0.2, 0.25) is 0 Å². The van der Waals surface area contributed by atoms with Crippen LogP contribution in [0, 0.1) is 0 Å². The fourth-order valence-electron chi connectivity index (χ4n) is 2.09. The highest BCUT2D eigenvalue weighted by molar-refractivity contribution is 5.91. The molecule has 0 saturated carbocycles. The van der Waals surface area contributed by atoms with Crippen LogP contribution in [0.25, 0.3) is 0 Å². The van der Waals surface area contributed by atoms with Gasteiger partial charge in [-0.2, -0.15) is 0 Å². The molecule has 0 amide bonds. The highest BCUT2D eigenvalue weighted by atomic mass is 16.5. The van der Waals surface area contributed by atoms with E-state index in [2.05, 4.69) is 20.8 Å². The van der Waals surface area contributed by atoms with Crippen LogP contribution in [-0.4, -0.2) is 13.1 Å². The standard InChI is InChI=1S/C18H20O3/c1-18(2,3)15-11-10-14(12-16(15)20-4)21-17(19)13-8-6-5-7-9-13/h5-12H,1-4H3. The van der Waals surface area contributed by atoms with Gasteiger partial charge in [-0.15, -0.1) is 0 Å². The first kappa shape index (κ1) is 15.1. The molecule has 0 unspecified atom stereocenters. The maximum Gasteiger partial charge on any atom is 0.343 e. The van der Waals surface area contributed by atoms with Crippen molar-refractivity contribution >= 4 is 5.97 Å². The van der Waals surface area contributed by atoms with E-state index in [9.17, 15) is 4.79 Å². The van der Waals surface area contributed by atoms with Crippen molar-refractivity contribution in [1.82, 2.24) is 0 Å². The second-order valence-electron chi connectivity index (χ2n) is 5.87. The van der Waals surface area contributed by atoms with Crippen LogP contribution in [0.3, 0.4) is 0 Å². The molecule has 0 fully saturated rings. The Morgan fingerprint density at radius 3 is 2.24 bits per heavy atom.